The first-order valence-corrected chi connectivity index (χ1v) is 15.8. The molecule has 1 atom stereocenters. The number of hydrogen-bond acceptors (Lipinski definition) is 4. The fourth-order valence-corrected chi connectivity index (χ4v) is 8.17. The highest BCUT2D eigenvalue weighted by molar-refractivity contribution is 7.92. The molecular weight excluding hydrogens is 528 g/mol. The SMILES string of the molecule is Cc1ccc(S(=O)(=O)N2CC[C@H](Cc3ccccc3)N(S(=O)(=O)c3ccc(C)cc3)Cc3ccccc32)cc1. The first-order chi connectivity index (χ1) is 18.7. The van der Waals surface area contributed by atoms with Crippen molar-refractivity contribution in [3.8, 4) is 0 Å². The molecule has 0 saturated carbocycles. The molecule has 0 aromatic heterocycles. The van der Waals surface area contributed by atoms with E-state index in [0.717, 1.165) is 16.7 Å². The predicted octanol–water partition coefficient (Wildman–Crippen LogP) is 5.70. The number of benzene rings is 4. The van der Waals surface area contributed by atoms with E-state index in [1.807, 2.05) is 56.3 Å². The van der Waals surface area contributed by atoms with Crippen LogP contribution in [0.4, 0.5) is 5.69 Å². The molecule has 1 aliphatic heterocycles. The summed E-state index contributed by atoms with van der Waals surface area (Å²) in [6.07, 6.45) is 0.798. The maximum absolute atomic E-state index is 14.1. The summed E-state index contributed by atoms with van der Waals surface area (Å²) in [4.78, 5) is 0.445. The van der Waals surface area contributed by atoms with Gasteiger partial charge in [0.1, 0.15) is 0 Å². The van der Waals surface area contributed by atoms with Crippen LogP contribution in [0.1, 0.15) is 28.7 Å². The summed E-state index contributed by atoms with van der Waals surface area (Å²) in [5.41, 5.74) is 4.09. The van der Waals surface area contributed by atoms with Crippen molar-refractivity contribution in [2.75, 3.05) is 10.8 Å². The smallest absolute Gasteiger partial charge is 0.264 e. The topological polar surface area (TPSA) is 74.8 Å². The minimum Gasteiger partial charge on any atom is -0.266 e. The molecule has 8 heteroatoms. The van der Waals surface area contributed by atoms with Crippen LogP contribution in [0.3, 0.4) is 0 Å². The van der Waals surface area contributed by atoms with Gasteiger partial charge in [-0.1, -0.05) is 83.9 Å². The average molecular weight is 561 g/mol. The fourth-order valence-electron chi connectivity index (χ4n) is 5.02. The van der Waals surface area contributed by atoms with E-state index in [4.69, 9.17) is 0 Å². The molecule has 1 aliphatic rings. The summed E-state index contributed by atoms with van der Waals surface area (Å²) in [5.74, 6) is 0. The van der Waals surface area contributed by atoms with Crippen molar-refractivity contribution < 1.29 is 16.8 Å². The lowest BCUT2D eigenvalue weighted by atomic mass is 10.0. The van der Waals surface area contributed by atoms with Crippen molar-refractivity contribution in [1.29, 1.82) is 0 Å². The van der Waals surface area contributed by atoms with Gasteiger partial charge in [-0.15, -0.1) is 0 Å². The van der Waals surface area contributed by atoms with Gasteiger partial charge in [0.2, 0.25) is 10.0 Å². The van der Waals surface area contributed by atoms with Crippen LogP contribution >= 0.6 is 0 Å². The summed E-state index contributed by atoms with van der Waals surface area (Å²) in [6.45, 7) is 4.04. The Labute approximate surface area is 231 Å². The minimum atomic E-state index is -3.87. The zero-order valence-electron chi connectivity index (χ0n) is 22.1. The third kappa shape index (κ3) is 5.64. The highest BCUT2D eigenvalue weighted by atomic mass is 32.2. The second-order valence-corrected chi connectivity index (χ2v) is 13.8. The zero-order valence-corrected chi connectivity index (χ0v) is 23.7. The molecule has 0 amide bonds. The Balaban J connectivity index is 1.62. The Bertz CT molecular complexity index is 1650. The third-order valence-electron chi connectivity index (χ3n) is 7.21. The molecule has 4 aromatic carbocycles. The van der Waals surface area contributed by atoms with E-state index in [9.17, 15) is 16.8 Å². The molecule has 6 nitrogen and oxygen atoms in total. The van der Waals surface area contributed by atoms with E-state index in [-0.39, 0.29) is 22.9 Å². The van der Waals surface area contributed by atoms with Crippen LogP contribution in [0.2, 0.25) is 0 Å². The Morgan fingerprint density at radius 1 is 0.667 bits per heavy atom. The molecule has 5 rings (SSSR count). The molecule has 1 heterocycles. The number of fused-ring (bicyclic) bond motifs is 1. The first kappa shape index (κ1) is 27.1. The molecular formula is C31H32N2O4S2. The van der Waals surface area contributed by atoms with Crippen molar-refractivity contribution >= 4 is 25.7 Å². The molecule has 0 bridgehead atoms. The van der Waals surface area contributed by atoms with Crippen molar-refractivity contribution in [2.45, 2.75) is 49.1 Å². The Hall–Kier alpha value is -3.46. The largest absolute Gasteiger partial charge is 0.266 e. The number of para-hydroxylation sites is 1. The third-order valence-corrected chi connectivity index (χ3v) is 10.9. The van der Waals surface area contributed by atoms with Crippen molar-refractivity contribution in [2.24, 2.45) is 0 Å². The van der Waals surface area contributed by atoms with E-state index in [0.29, 0.717) is 24.1 Å². The van der Waals surface area contributed by atoms with Crippen LogP contribution in [0.5, 0.6) is 0 Å². The molecule has 0 N–H and O–H groups in total. The number of anilines is 1. The summed E-state index contributed by atoms with van der Waals surface area (Å²) >= 11 is 0. The molecule has 39 heavy (non-hydrogen) atoms. The van der Waals surface area contributed by atoms with Crippen LogP contribution in [0, 0.1) is 13.8 Å². The van der Waals surface area contributed by atoms with Crippen LogP contribution in [0.15, 0.2) is 113 Å². The Kier molecular flexibility index (Phi) is 7.62. The molecule has 0 spiro atoms. The van der Waals surface area contributed by atoms with Gasteiger partial charge in [0.25, 0.3) is 10.0 Å². The van der Waals surface area contributed by atoms with Gasteiger partial charge in [0, 0.05) is 19.1 Å². The van der Waals surface area contributed by atoms with Crippen LogP contribution in [-0.4, -0.2) is 33.7 Å². The summed E-state index contributed by atoms with van der Waals surface area (Å²) < 4.78 is 59.0. The lowest BCUT2D eigenvalue weighted by Crippen LogP contribution is -2.46. The number of nitrogens with zero attached hydrogens (tertiary/aromatic N) is 2. The number of rotatable bonds is 6. The van der Waals surface area contributed by atoms with E-state index in [2.05, 4.69) is 0 Å². The maximum atomic E-state index is 14.1. The monoisotopic (exact) mass is 560 g/mol. The predicted molar refractivity (Wildman–Crippen MR) is 155 cm³/mol. The second-order valence-electron chi connectivity index (χ2n) is 10.0. The standard InChI is InChI=1S/C31H32N2O4S2/c1-24-12-16-29(17-13-24)38(34,35)32-21-20-28(22-26-8-4-3-5-9-26)33(23-27-10-6-7-11-31(27)32)39(36,37)30-18-14-25(2)15-19-30/h3-19,28H,20-23H2,1-2H3/t28-/m1/s1. The summed E-state index contributed by atoms with van der Waals surface area (Å²) in [7, 11) is -7.75. The van der Waals surface area contributed by atoms with Crippen molar-refractivity contribution in [3.63, 3.8) is 0 Å². The summed E-state index contributed by atoms with van der Waals surface area (Å²) in [5, 5.41) is 0. The van der Waals surface area contributed by atoms with Crippen LogP contribution < -0.4 is 4.31 Å². The number of hydrogen-bond donors (Lipinski definition) is 0. The van der Waals surface area contributed by atoms with Gasteiger partial charge in [-0.3, -0.25) is 4.31 Å². The molecule has 0 radical (unpaired) electrons. The lowest BCUT2D eigenvalue weighted by Gasteiger charge is -2.37. The highest BCUT2D eigenvalue weighted by Crippen LogP contribution is 2.34. The summed E-state index contributed by atoms with van der Waals surface area (Å²) in [6, 6.07) is 30.2. The molecule has 4 aromatic rings. The Morgan fingerprint density at radius 2 is 1.21 bits per heavy atom. The van der Waals surface area contributed by atoms with Gasteiger partial charge in [-0.2, -0.15) is 4.31 Å². The van der Waals surface area contributed by atoms with E-state index in [1.165, 1.54) is 4.31 Å². The maximum Gasteiger partial charge on any atom is 0.264 e. The molecule has 202 valence electrons. The van der Waals surface area contributed by atoms with Gasteiger partial charge < -0.3 is 0 Å². The molecule has 0 fully saturated rings. The highest BCUT2D eigenvalue weighted by Gasteiger charge is 2.37. The molecule has 0 saturated heterocycles. The first-order valence-electron chi connectivity index (χ1n) is 13.0. The average Bonchev–Trinajstić information content (AvgIpc) is 2.91. The number of sulfonamides is 2. The van der Waals surface area contributed by atoms with E-state index < -0.39 is 26.1 Å². The normalized spacial score (nSPS) is 16.8. The van der Waals surface area contributed by atoms with Crippen molar-refractivity contribution in [1.82, 2.24) is 4.31 Å². The van der Waals surface area contributed by atoms with Gasteiger partial charge in [0.15, 0.2) is 0 Å². The minimum absolute atomic E-state index is 0.0593. The fraction of sp³-hybridized carbons (Fsp3) is 0.226. The van der Waals surface area contributed by atoms with Gasteiger partial charge in [-0.05, 0) is 68.1 Å². The van der Waals surface area contributed by atoms with E-state index >= 15 is 0 Å². The molecule has 0 unspecified atom stereocenters. The van der Waals surface area contributed by atoms with Crippen LogP contribution in [-0.2, 0) is 33.0 Å². The Morgan fingerprint density at radius 3 is 1.82 bits per heavy atom. The second kappa shape index (κ2) is 11.0. The number of aryl methyl sites for hydroxylation is 2. The zero-order chi connectivity index (χ0) is 27.6. The quantitative estimate of drug-likeness (QED) is 0.303. The van der Waals surface area contributed by atoms with Crippen LogP contribution in [0.25, 0.3) is 0 Å². The lowest BCUT2D eigenvalue weighted by molar-refractivity contribution is 0.294. The van der Waals surface area contributed by atoms with Gasteiger partial charge in [0.05, 0.1) is 15.5 Å². The van der Waals surface area contributed by atoms with Crippen molar-refractivity contribution in [3.05, 3.63) is 125 Å². The van der Waals surface area contributed by atoms with Gasteiger partial charge in [-0.25, -0.2) is 16.8 Å². The van der Waals surface area contributed by atoms with E-state index in [1.54, 1.807) is 65.0 Å². The molecule has 0 aliphatic carbocycles. The van der Waals surface area contributed by atoms with Gasteiger partial charge >= 0.3 is 0 Å².